The van der Waals surface area contributed by atoms with E-state index in [-0.39, 0.29) is 47.7 Å². The molecular formula is C29H34Cl2N2O5. The third kappa shape index (κ3) is 6.16. The van der Waals surface area contributed by atoms with Crippen LogP contribution >= 0.6 is 23.2 Å². The summed E-state index contributed by atoms with van der Waals surface area (Å²) in [5, 5.41) is 0.854. The Morgan fingerprint density at radius 1 is 1.08 bits per heavy atom. The molecule has 0 bridgehead atoms. The van der Waals surface area contributed by atoms with Crippen LogP contribution in [0, 0.1) is 5.92 Å². The number of likely N-dealkylation sites (tertiary alicyclic amines) is 1. The number of nitrogens with zero attached hydrogens (tertiary/aromatic N) is 2. The van der Waals surface area contributed by atoms with Gasteiger partial charge < -0.3 is 19.3 Å². The molecule has 4 atom stereocenters. The van der Waals surface area contributed by atoms with Gasteiger partial charge in [0.15, 0.2) is 0 Å². The van der Waals surface area contributed by atoms with Gasteiger partial charge >= 0.3 is 11.9 Å². The number of amides is 1. The van der Waals surface area contributed by atoms with Crippen molar-refractivity contribution in [2.75, 3.05) is 27.2 Å². The zero-order valence-electron chi connectivity index (χ0n) is 22.2. The maximum Gasteiger partial charge on any atom is 0.308 e. The van der Waals surface area contributed by atoms with Crippen molar-refractivity contribution in [2.24, 2.45) is 5.92 Å². The quantitative estimate of drug-likeness (QED) is 0.369. The Balaban J connectivity index is 1.69. The average Bonchev–Trinajstić information content (AvgIpc) is 2.85. The van der Waals surface area contributed by atoms with Crippen molar-refractivity contribution in [3.63, 3.8) is 0 Å². The van der Waals surface area contributed by atoms with Crippen LogP contribution in [0.4, 0.5) is 0 Å². The molecule has 1 saturated heterocycles. The van der Waals surface area contributed by atoms with Crippen molar-refractivity contribution in [3.05, 3.63) is 63.6 Å². The fraction of sp³-hybridized carbons (Fsp3) is 0.483. The Morgan fingerprint density at radius 2 is 1.84 bits per heavy atom. The van der Waals surface area contributed by atoms with Crippen molar-refractivity contribution in [1.82, 2.24) is 9.80 Å². The van der Waals surface area contributed by atoms with Crippen molar-refractivity contribution < 1.29 is 23.9 Å². The fourth-order valence-electron chi connectivity index (χ4n) is 6.14. The van der Waals surface area contributed by atoms with Gasteiger partial charge in [0.1, 0.15) is 11.9 Å². The first-order valence-electron chi connectivity index (χ1n) is 12.8. The molecule has 0 radical (unpaired) electrons. The summed E-state index contributed by atoms with van der Waals surface area (Å²) >= 11 is 12.2. The second kappa shape index (κ2) is 11.6. The molecule has 7 nitrogen and oxygen atoms in total. The lowest BCUT2D eigenvalue weighted by Gasteiger charge is -2.56. The molecule has 1 aliphatic carbocycles. The van der Waals surface area contributed by atoms with E-state index < -0.39 is 0 Å². The first-order chi connectivity index (χ1) is 18.0. The van der Waals surface area contributed by atoms with E-state index in [0.29, 0.717) is 28.6 Å². The third-order valence-corrected chi connectivity index (χ3v) is 8.72. The van der Waals surface area contributed by atoms with Gasteiger partial charge in [-0.15, -0.1) is 0 Å². The Kier molecular flexibility index (Phi) is 8.70. The van der Waals surface area contributed by atoms with Crippen LogP contribution in [0.25, 0.3) is 0 Å². The Morgan fingerprint density at radius 3 is 2.53 bits per heavy atom. The zero-order chi connectivity index (χ0) is 27.6. The number of fused-ring (bicyclic) bond motifs is 1. The minimum Gasteiger partial charge on any atom is -0.462 e. The summed E-state index contributed by atoms with van der Waals surface area (Å²) in [6.07, 6.45) is 1.89. The van der Waals surface area contributed by atoms with E-state index in [2.05, 4.69) is 18.0 Å². The van der Waals surface area contributed by atoms with Gasteiger partial charge in [-0.05, 0) is 61.8 Å². The SMILES string of the molecule is CC(=O)Oc1cccc(C23CCN(C)CC2C(OC(C)=O)CC(N(C)C(=O)Cc2ccc(Cl)c(Cl)c2)C3)c1. The number of hydrogen-bond acceptors (Lipinski definition) is 6. The molecule has 2 aromatic rings. The van der Waals surface area contributed by atoms with Crippen LogP contribution in [0.2, 0.25) is 10.0 Å². The van der Waals surface area contributed by atoms with Crippen LogP contribution < -0.4 is 4.74 Å². The molecule has 0 spiro atoms. The molecule has 1 heterocycles. The van der Waals surface area contributed by atoms with Gasteiger partial charge in [-0.25, -0.2) is 0 Å². The van der Waals surface area contributed by atoms with Gasteiger partial charge in [0.25, 0.3) is 0 Å². The molecule has 2 aliphatic rings. The smallest absolute Gasteiger partial charge is 0.308 e. The summed E-state index contributed by atoms with van der Waals surface area (Å²) in [5.41, 5.74) is 1.44. The van der Waals surface area contributed by atoms with Crippen LogP contribution in [-0.2, 0) is 31.0 Å². The number of carbonyl (C=O) groups excluding carboxylic acids is 3. The number of ether oxygens (including phenoxy) is 2. The van der Waals surface area contributed by atoms with Crippen LogP contribution in [0.3, 0.4) is 0 Å². The highest BCUT2D eigenvalue weighted by atomic mass is 35.5. The van der Waals surface area contributed by atoms with Gasteiger partial charge in [0.05, 0.1) is 16.5 Å². The molecule has 1 amide bonds. The molecule has 38 heavy (non-hydrogen) atoms. The molecule has 0 aromatic heterocycles. The second-order valence-electron chi connectivity index (χ2n) is 10.6. The summed E-state index contributed by atoms with van der Waals surface area (Å²) in [6.45, 7) is 4.42. The first-order valence-corrected chi connectivity index (χ1v) is 13.6. The molecular weight excluding hydrogens is 527 g/mol. The van der Waals surface area contributed by atoms with Crippen molar-refractivity contribution in [3.8, 4) is 5.75 Å². The minimum atomic E-state index is -0.383. The Labute approximate surface area is 234 Å². The molecule has 1 saturated carbocycles. The minimum absolute atomic E-state index is 0.0209. The number of piperidine rings is 1. The van der Waals surface area contributed by atoms with E-state index in [1.165, 1.54) is 13.8 Å². The van der Waals surface area contributed by atoms with Crippen LogP contribution in [0.5, 0.6) is 5.75 Å². The van der Waals surface area contributed by atoms with E-state index in [1.54, 1.807) is 29.2 Å². The topological polar surface area (TPSA) is 76.2 Å². The van der Waals surface area contributed by atoms with E-state index >= 15 is 0 Å². The summed E-state index contributed by atoms with van der Waals surface area (Å²) in [7, 11) is 3.89. The fourth-order valence-corrected chi connectivity index (χ4v) is 6.46. The normalized spacial score (nSPS) is 25.3. The molecule has 4 rings (SSSR count). The Hall–Kier alpha value is -2.61. The number of rotatable bonds is 6. The second-order valence-corrected chi connectivity index (χ2v) is 11.4. The van der Waals surface area contributed by atoms with E-state index in [0.717, 1.165) is 30.6 Å². The average molecular weight is 562 g/mol. The predicted octanol–water partition coefficient (Wildman–Crippen LogP) is 4.90. The lowest BCUT2D eigenvalue weighted by molar-refractivity contribution is -0.160. The lowest BCUT2D eigenvalue weighted by Crippen LogP contribution is -2.61. The summed E-state index contributed by atoms with van der Waals surface area (Å²) < 4.78 is 11.3. The standard InChI is InChI=1S/C29H34Cl2N2O5/c1-18(34)37-23-7-5-6-21(14-23)29-10-11-32(3)17-24(29)27(38-19(2)35)15-22(16-29)33(4)28(36)13-20-8-9-25(30)26(31)12-20/h5-9,12,14,22,24,27H,10-11,13,15-17H2,1-4H3. The van der Waals surface area contributed by atoms with Gasteiger partial charge in [0.2, 0.25) is 5.91 Å². The highest BCUT2D eigenvalue weighted by Crippen LogP contribution is 2.51. The Bertz CT molecular complexity index is 1220. The van der Waals surface area contributed by atoms with Crippen LogP contribution in [0.1, 0.15) is 44.2 Å². The number of likely N-dealkylation sites (N-methyl/N-ethyl adjacent to an activating group) is 1. The third-order valence-electron chi connectivity index (χ3n) is 7.98. The van der Waals surface area contributed by atoms with Gasteiger partial charge in [-0.1, -0.05) is 41.4 Å². The van der Waals surface area contributed by atoms with E-state index in [4.69, 9.17) is 32.7 Å². The molecule has 9 heteroatoms. The van der Waals surface area contributed by atoms with E-state index in [9.17, 15) is 14.4 Å². The maximum absolute atomic E-state index is 13.4. The van der Waals surface area contributed by atoms with Crippen LogP contribution in [-0.4, -0.2) is 67.0 Å². The number of benzene rings is 2. The highest BCUT2D eigenvalue weighted by molar-refractivity contribution is 6.42. The van der Waals surface area contributed by atoms with Gasteiger partial charge in [-0.3, -0.25) is 14.4 Å². The maximum atomic E-state index is 13.4. The summed E-state index contributed by atoms with van der Waals surface area (Å²) in [4.78, 5) is 41.3. The number of esters is 2. The summed E-state index contributed by atoms with van der Waals surface area (Å²) in [5.74, 6) is -0.266. The molecule has 1 aliphatic heterocycles. The molecule has 204 valence electrons. The van der Waals surface area contributed by atoms with Crippen molar-refractivity contribution in [1.29, 1.82) is 0 Å². The predicted molar refractivity (Wildman–Crippen MR) is 147 cm³/mol. The first kappa shape index (κ1) is 28.4. The molecule has 0 N–H and O–H groups in total. The molecule has 2 aromatic carbocycles. The van der Waals surface area contributed by atoms with Gasteiger partial charge in [-0.2, -0.15) is 0 Å². The highest BCUT2D eigenvalue weighted by Gasteiger charge is 2.54. The largest absolute Gasteiger partial charge is 0.462 e. The number of hydrogen-bond donors (Lipinski definition) is 0. The van der Waals surface area contributed by atoms with Crippen molar-refractivity contribution in [2.45, 2.75) is 57.1 Å². The lowest BCUT2D eigenvalue weighted by atomic mass is 9.56. The zero-order valence-corrected chi connectivity index (χ0v) is 23.7. The number of halogens is 2. The molecule has 4 unspecified atom stereocenters. The molecule has 2 fully saturated rings. The van der Waals surface area contributed by atoms with Crippen molar-refractivity contribution >= 4 is 41.0 Å². The monoisotopic (exact) mass is 560 g/mol. The summed E-state index contributed by atoms with van der Waals surface area (Å²) in [6, 6.07) is 12.7. The number of carbonyl (C=O) groups is 3. The van der Waals surface area contributed by atoms with Gasteiger partial charge in [0, 0.05) is 51.2 Å². The van der Waals surface area contributed by atoms with E-state index in [1.807, 2.05) is 19.2 Å². The van der Waals surface area contributed by atoms with Crippen LogP contribution in [0.15, 0.2) is 42.5 Å².